The van der Waals surface area contributed by atoms with Crippen LogP contribution in [-0.4, -0.2) is 32.8 Å². The molecule has 0 fully saturated rings. The lowest BCUT2D eigenvalue weighted by Crippen LogP contribution is -2.26. The Labute approximate surface area is 172 Å². The van der Waals surface area contributed by atoms with Crippen LogP contribution in [0, 0.1) is 0 Å². The Kier molecular flexibility index (Phi) is 6.05. The Balaban J connectivity index is 1.79. The molecule has 0 bridgehead atoms. The van der Waals surface area contributed by atoms with Crippen LogP contribution in [-0.2, 0) is 25.4 Å². The van der Waals surface area contributed by atoms with Gasteiger partial charge in [0.2, 0.25) is 0 Å². The number of amides is 1. The van der Waals surface area contributed by atoms with Gasteiger partial charge in [-0.3, -0.25) is 4.79 Å². The van der Waals surface area contributed by atoms with Crippen molar-refractivity contribution in [1.82, 2.24) is 19.9 Å². The molecule has 11 heteroatoms. The maximum absolute atomic E-state index is 13.0. The van der Waals surface area contributed by atoms with Crippen LogP contribution in [0.15, 0.2) is 54.7 Å². The van der Waals surface area contributed by atoms with Gasteiger partial charge < -0.3 is 4.90 Å². The molecule has 3 rings (SSSR count). The number of hydrogen-bond acceptors (Lipinski definition) is 3. The summed E-state index contributed by atoms with van der Waals surface area (Å²) in [6, 6.07) is 10.4. The van der Waals surface area contributed by atoms with Crippen LogP contribution in [0.1, 0.15) is 32.7 Å². The van der Waals surface area contributed by atoms with E-state index >= 15 is 0 Å². The highest BCUT2D eigenvalue weighted by atomic mass is 19.4. The highest BCUT2D eigenvalue weighted by molar-refractivity contribution is 5.91. The van der Waals surface area contributed by atoms with Crippen molar-refractivity contribution in [2.24, 2.45) is 0 Å². The first-order valence-corrected chi connectivity index (χ1v) is 8.91. The monoisotopic (exact) mass is 442 g/mol. The lowest BCUT2D eigenvalue weighted by molar-refractivity contribution is -0.143. The quantitative estimate of drug-likeness (QED) is 0.542. The maximum Gasteiger partial charge on any atom is 0.416 e. The lowest BCUT2D eigenvalue weighted by atomic mass is 10.0. The van der Waals surface area contributed by atoms with Crippen molar-refractivity contribution < 1.29 is 31.1 Å². The predicted octanol–water partition coefficient (Wildman–Crippen LogP) is 4.64. The molecule has 0 unspecified atom stereocenters. The summed E-state index contributed by atoms with van der Waals surface area (Å²) in [5.74, 6) is -0.491. The molecule has 1 heterocycles. The smallest absolute Gasteiger partial charge is 0.336 e. The summed E-state index contributed by atoms with van der Waals surface area (Å²) in [6.45, 7) is -0.134. The molecule has 0 aliphatic heterocycles. The van der Waals surface area contributed by atoms with Gasteiger partial charge in [-0.05, 0) is 29.3 Å². The third kappa shape index (κ3) is 5.62. The Bertz CT molecular complexity index is 1030. The van der Waals surface area contributed by atoms with Crippen molar-refractivity contribution in [3.8, 4) is 0 Å². The average Bonchev–Trinajstić information content (AvgIpc) is 3.15. The second-order valence-corrected chi connectivity index (χ2v) is 6.86. The Morgan fingerprint density at radius 3 is 2.06 bits per heavy atom. The summed E-state index contributed by atoms with van der Waals surface area (Å²) in [4.78, 5) is 13.9. The molecule has 1 aromatic heterocycles. The first-order chi connectivity index (χ1) is 14.4. The van der Waals surface area contributed by atoms with Gasteiger partial charge in [0.1, 0.15) is 0 Å². The topological polar surface area (TPSA) is 51.0 Å². The van der Waals surface area contributed by atoms with Crippen LogP contribution < -0.4 is 0 Å². The minimum atomic E-state index is -4.94. The Morgan fingerprint density at radius 1 is 0.935 bits per heavy atom. The zero-order valence-electron chi connectivity index (χ0n) is 16.1. The van der Waals surface area contributed by atoms with Gasteiger partial charge in [-0.25, -0.2) is 4.68 Å². The van der Waals surface area contributed by atoms with Crippen LogP contribution in [0.25, 0.3) is 0 Å². The van der Waals surface area contributed by atoms with Crippen LogP contribution >= 0.6 is 0 Å². The maximum atomic E-state index is 13.0. The summed E-state index contributed by atoms with van der Waals surface area (Å²) in [5.41, 5.74) is -2.33. The van der Waals surface area contributed by atoms with Gasteiger partial charge in [0.05, 0.1) is 23.9 Å². The van der Waals surface area contributed by atoms with Crippen LogP contribution in [0.4, 0.5) is 26.3 Å². The molecular formula is C20H16F6N4O. The van der Waals surface area contributed by atoms with Crippen LogP contribution in [0.2, 0.25) is 0 Å². The summed E-state index contributed by atoms with van der Waals surface area (Å²) in [6.07, 6.45) is -8.71. The molecule has 0 spiro atoms. The van der Waals surface area contributed by atoms with Crippen molar-refractivity contribution in [3.05, 3.63) is 82.7 Å². The van der Waals surface area contributed by atoms with E-state index in [1.165, 1.54) is 18.1 Å². The first-order valence-electron chi connectivity index (χ1n) is 8.91. The molecule has 2 aromatic carbocycles. The number of carbonyl (C=O) groups excluding carboxylic acids is 1. The fourth-order valence-electron chi connectivity index (χ4n) is 2.90. The zero-order valence-corrected chi connectivity index (χ0v) is 16.1. The van der Waals surface area contributed by atoms with Gasteiger partial charge in [-0.15, -0.1) is 5.10 Å². The normalized spacial score (nSPS) is 12.1. The molecule has 164 valence electrons. The molecule has 31 heavy (non-hydrogen) atoms. The van der Waals surface area contributed by atoms with Gasteiger partial charge in [0.15, 0.2) is 5.69 Å². The summed E-state index contributed by atoms with van der Waals surface area (Å²) in [5, 5.41) is 7.36. The number of alkyl halides is 6. The number of carbonyl (C=O) groups is 1. The van der Waals surface area contributed by atoms with E-state index in [4.69, 9.17) is 0 Å². The van der Waals surface area contributed by atoms with Gasteiger partial charge in [0.25, 0.3) is 5.91 Å². The van der Waals surface area contributed by atoms with Crippen LogP contribution in [0.3, 0.4) is 0 Å². The van der Waals surface area contributed by atoms with E-state index in [0.29, 0.717) is 12.1 Å². The minimum Gasteiger partial charge on any atom is -0.336 e. The Morgan fingerprint density at radius 2 is 1.52 bits per heavy atom. The number of benzene rings is 2. The highest BCUT2D eigenvalue weighted by Crippen LogP contribution is 2.36. The molecule has 5 nitrogen and oxygen atoms in total. The molecule has 0 radical (unpaired) electrons. The molecule has 0 saturated carbocycles. The van der Waals surface area contributed by atoms with E-state index in [1.54, 1.807) is 0 Å². The third-order valence-corrected chi connectivity index (χ3v) is 4.36. The fraction of sp³-hybridized carbons (Fsp3) is 0.250. The molecular weight excluding hydrogens is 426 g/mol. The molecule has 0 saturated heterocycles. The largest absolute Gasteiger partial charge is 0.416 e. The van der Waals surface area contributed by atoms with Crippen molar-refractivity contribution >= 4 is 5.91 Å². The molecule has 0 atom stereocenters. The standard InChI is InChI=1S/C20H16F6N4O/c1-29(10-13-5-3-2-4-6-13)18(31)17-12-30(28-27-17)11-14-7-15(19(21,22)23)9-16(8-14)20(24,25)26/h2-9,12H,10-11H2,1H3. The zero-order chi connectivity index (χ0) is 22.8. The van der Waals surface area contributed by atoms with Gasteiger partial charge in [0, 0.05) is 13.6 Å². The van der Waals surface area contributed by atoms with Crippen molar-refractivity contribution in [2.75, 3.05) is 7.05 Å². The minimum absolute atomic E-state index is 0.0539. The third-order valence-electron chi connectivity index (χ3n) is 4.36. The average molecular weight is 442 g/mol. The summed E-state index contributed by atoms with van der Waals surface area (Å²) >= 11 is 0. The second kappa shape index (κ2) is 8.40. The second-order valence-electron chi connectivity index (χ2n) is 6.86. The van der Waals surface area contributed by atoms with E-state index in [-0.39, 0.29) is 23.9 Å². The number of hydrogen-bond donors (Lipinski definition) is 0. The fourth-order valence-corrected chi connectivity index (χ4v) is 2.90. The molecule has 0 aliphatic rings. The number of rotatable bonds is 5. The SMILES string of the molecule is CN(Cc1ccccc1)C(=O)c1cn(Cc2cc(C(F)(F)F)cc(C(F)(F)F)c2)nn1. The molecule has 0 aliphatic carbocycles. The van der Waals surface area contributed by atoms with Gasteiger partial charge >= 0.3 is 12.4 Å². The van der Waals surface area contributed by atoms with Gasteiger partial charge in [-0.2, -0.15) is 26.3 Å². The van der Waals surface area contributed by atoms with E-state index in [1.807, 2.05) is 30.3 Å². The van der Waals surface area contributed by atoms with E-state index in [0.717, 1.165) is 10.2 Å². The predicted molar refractivity (Wildman–Crippen MR) is 97.8 cm³/mol. The molecule has 0 N–H and O–H groups in total. The van der Waals surface area contributed by atoms with Crippen molar-refractivity contribution in [3.63, 3.8) is 0 Å². The van der Waals surface area contributed by atoms with Gasteiger partial charge in [-0.1, -0.05) is 35.5 Å². The summed E-state index contributed by atoms with van der Waals surface area (Å²) in [7, 11) is 1.54. The number of nitrogens with zero attached hydrogens (tertiary/aromatic N) is 4. The highest BCUT2D eigenvalue weighted by Gasteiger charge is 2.36. The first kappa shape index (κ1) is 22.3. The molecule has 1 amide bonds. The summed E-state index contributed by atoms with van der Waals surface area (Å²) < 4.78 is 79.0. The van der Waals surface area contributed by atoms with E-state index < -0.39 is 35.9 Å². The van der Waals surface area contributed by atoms with E-state index in [9.17, 15) is 31.1 Å². The molecule has 3 aromatic rings. The number of aromatic nitrogens is 3. The van der Waals surface area contributed by atoms with E-state index in [2.05, 4.69) is 10.3 Å². The van der Waals surface area contributed by atoms with Crippen LogP contribution in [0.5, 0.6) is 0 Å². The van der Waals surface area contributed by atoms with Crippen molar-refractivity contribution in [2.45, 2.75) is 25.4 Å². The van der Waals surface area contributed by atoms with Crippen molar-refractivity contribution in [1.29, 1.82) is 0 Å². The number of halogens is 6. The Hall–Kier alpha value is -3.37. The lowest BCUT2D eigenvalue weighted by Gasteiger charge is -2.15.